The number of carbonyl (C=O) groups is 1. The van der Waals surface area contributed by atoms with Crippen molar-refractivity contribution in [2.75, 3.05) is 11.9 Å². The Balaban J connectivity index is 1.44. The lowest BCUT2D eigenvalue weighted by atomic mass is 10.1. The van der Waals surface area contributed by atoms with Crippen LogP contribution in [0.2, 0.25) is 5.02 Å². The van der Waals surface area contributed by atoms with E-state index >= 15 is 0 Å². The van der Waals surface area contributed by atoms with E-state index in [1.54, 1.807) is 36.4 Å². The molecule has 41 heavy (non-hydrogen) atoms. The van der Waals surface area contributed by atoms with Crippen molar-refractivity contribution in [3.8, 4) is 23.3 Å². The van der Waals surface area contributed by atoms with Gasteiger partial charge in [0.1, 0.15) is 30.6 Å². The molecule has 1 N–H and O–H groups in total. The van der Waals surface area contributed by atoms with Crippen molar-refractivity contribution in [1.29, 1.82) is 5.26 Å². The zero-order valence-corrected chi connectivity index (χ0v) is 25.0. The van der Waals surface area contributed by atoms with E-state index in [1.165, 1.54) is 6.08 Å². The third-order valence-electron chi connectivity index (χ3n) is 5.94. The summed E-state index contributed by atoms with van der Waals surface area (Å²) in [7, 11) is 0. The molecule has 0 aliphatic rings. The summed E-state index contributed by atoms with van der Waals surface area (Å²) < 4.78 is 18.3. The molecule has 0 aliphatic carbocycles. The lowest BCUT2D eigenvalue weighted by molar-refractivity contribution is -0.112. The topological polar surface area (TPSA) is 80.6 Å². The highest BCUT2D eigenvalue weighted by molar-refractivity contribution is 9.10. The van der Waals surface area contributed by atoms with Crippen LogP contribution in [-0.2, 0) is 18.0 Å². The van der Waals surface area contributed by atoms with Gasteiger partial charge in [-0.05, 0) is 89.4 Å². The van der Waals surface area contributed by atoms with Gasteiger partial charge in [0.25, 0.3) is 5.91 Å². The Morgan fingerprint density at radius 1 is 0.976 bits per heavy atom. The summed E-state index contributed by atoms with van der Waals surface area (Å²) in [5, 5.41) is 13.1. The first-order valence-electron chi connectivity index (χ1n) is 12.9. The van der Waals surface area contributed by atoms with E-state index in [1.807, 2.05) is 62.4 Å². The molecule has 4 aromatic rings. The predicted octanol–water partition coefficient (Wildman–Crippen LogP) is 8.51. The molecule has 0 saturated heterocycles. The molecule has 4 aromatic carbocycles. The van der Waals surface area contributed by atoms with E-state index in [2.05, 4.69) is 27.3 Å². The van der Waals surface area contributed by atoms with Gasteiger partial charge in [-0.1, -0.05) is 59.6 Å². The van der Waals surface area contributed by atoms with Crippen LogP contribution < -0.4 is 19.5 Å². The minimum absolute atomic E-state index is 0.0631. The fourth-order valence-electron chi connectivity index (χ4n) is 3.96. The Kier molecular flexibility index (Phi) is 10.4. The molecule has 4 rings (SSSR count). The first kappa shape index (κ1) is 29.7. The van der Waals surface area contributed by atoms with Gasteiger partial charge in [-0.2, -0.15) is 5.26 Å². The Morgan fingerprint density at radius 3 is 2.46 bits per heavy atom. The van der Waals surface area contributed by atoms with Gasteiger partial charge in [-0.3, -0.25) is 4.79 Å². The standard InChI is InChI=1S/C33H28BrClN2O4/c1-3-39-31-18-24(17-29(34)32(31)41-20-23-8-6-7-22(2)15-23)16-26(19-36)33(38)37-27-11-13-28(14-12-27)40-21-25-9-4-5-10-30(25)35/h4-18H,3,20-21H2,1-2H3,(H,37,38)/b26-16+. The highest BCUT2D eigenvalue weighted by Crippen LogP contribution is 2.38. The summed E-state index contributed by atoms with van der Waals surface area (Å²) in [5.74, 6) is 1.14. The number of halogens is 2. The molecule has 0 fully saturated rings. The number of hydrogen-bond acceptors (Lipinski definition) is 5. The maximum atomic E-state index is 12.9. The fraction of sp³-hybridized carbons (Fsp3) is 0.152. The Hall–Kier alpha value is -4.25. The van der Waals surface area contributed by atoms with E-state index in [9.17, 15) is 10.1 Å². The number of nitriles is 1. The van der Waals surface area contributed by atoms with Gasteiger partial charge in [-0.15, -0.1) is 0 Å². The number of benzene rings is 4. The van der Waals surface area contributed by atoms with E-state index < -0.39 is 5.91 Å². The summed E-state index contributed by atoms with van der Waals surface area (Å²) in [6.45, 7) is 5.02. The van der Waals surface area contributed by atoms with Crippen LogP contribution in [0.15, 0.2) is 95.0 Å². The number of nitrogens with zero attached hydrogens (tertiary/aromatic N) is 1. The first-order valence-corrected chi connectivity index (χ1v) is 14.1. The number of anilines is 1. The lowest BCUT2D eigenvalue weighted by Gasteiger charge is -2.15. The second-order valence-corrected chi connectivity index (χ2v) is 10.3. The molecular formula is C33H28BrClN2O4. The van der Waals surface area contributed by atoms with Crippen molar-refractivity contribution in [3.05, 3.63) is 122 Å². The molecule has 0 heterocycles. The van der Waals surface area contributed by atoms with Crippen LogP contribution in [0.5, 0.6) is 17.2 Å². The molecule has 0 saturated carbocycles. The predicted molar refractivity (Wildman–Crippen MR) is 165 cm³/mol. The van der Waals surface area contributed by atoms with Crippen LogP contribution in [0.4, 0.5) is 5.69 Å². The highest BCUT2D eigenvalue weighted by atomic mass is 79.9. The van der Waals surface area contributed by atoms with Crippen molar-refractivity contribution in [2.45, 2.75) is 27.1 Å². The van der Waals surface area contributed by atoms with Gasteiger partial charge >= 0.3 is 0 Å². The van der Waals surface area contributed by atoms with Gasteiger partial charge < -0.3 is 19.5 Å². The third-order valence-corrected chi connectivity index (χ3v) is 6.90. The zero-order valence-electron chi connectivity index (χ0n) is 22.6. The normalized spacial score (nSPS) is 11.0. The molecule has 0 atom stereocenters. The number of amides is 1. The average Bonchev–Trinajstić information content (AvgIpc) is 2.96. The number of carbonyl (C=O) groups excluding carboxylic acids is 1. The molecular weight excluding hydrogens is 604 g/mol. The molecule has 0 radical (unpaired) electrons. The lowest BCUT2D eigenvalue weighted by Crippen LogP contribution is -2.13. The van der Waals surface area contributed by atoms with Crippen LogP contribution in [0.25, 0.3) is 6.08 Å². The molecule has 0 spiro atoms. The minimum Gasteiger partial charge on any atom is -0.490 e. The smallest absolute Gasteiger partial charge is 0.266 e. The molecule has 1 amide bonds. The van der Waals surface area contributed by atoms with Gasteiger partial charge in [-0.25, -0.2) is 0 Å². The van der Waals surface area contributed by atoms with E-state index in [0.29, 0.717) is 57.8 Å². The molecule has 208 valence electrons. The average molecular weight is 632 g/mol. The van der Waals surface area contributed by atoms with Crippen molar-refractivity contribution in [2.24, 2.45) is 0 Å². The van der Waals surface area contributed by atoms with Gasteiger partial charge in [0.05, 0.1) is 11.1 Å². The second-order valence-electron chi connectivity index (χ2n) is 9.07. The SMILES string of the molecule is CCOc1cc(/C=C(\C#N)C(=O)Nc2ccc(OCc3ccccc3Cl)cc2)cc(Br)c1OCc1cccc(C)c1. The summed E-state index contributed by atoms with van der Waals surface area (Å²) >= 11 is 9.74. The van der Waals surface area contributed by atoms with Crippen LogP contribution in [0.1, 0.15) is 29.2 Å². The summed E-state index contributed by atoms with van der Waals surface area (Å²) in [6, 6.07) is 27.9. The number of aryl methyl sites for hydroxylation is 1. The monoisotopic (exact) mass is 630 g/mol. The van der Waals surface area contributed by atoms with E-state index in [4.69, 9.17) is 25.8 Å². The van der Waals surface area contributed by atoms with Crippen molar-refractivity contribution >= 4 is 45.2 Å². The number of ether oxygens (including phenoxy) is 3. The van der Waals surface area contributed by atoms with E-state index in [0.717, 1.165) is 16.7 Å². The first-order chi connectivity index (χ1) is 19.9. The Bertz CT molecular complexity index is 1600. The molecule has 0 bridgehead atoms. The number of hydrogen-bond donors (Lipinski definition) is 1. The Morgan fingerprint density at radius 2 is 1.76 bits per heavy atom. The molecule has 0 aromatic heterocycles. The zero-order chi connectivity index (χ0) is 29.2. The maximum Gasteiger partial charge on any atom is 0.266 e. The van der Waals surface area contributed by atoms with Crippen LogP contribution in [-0.4, -0.2) is 12.5 Å². The van der Waals surface area contributed by atoms with Gasteiger partial charge in [0, 0.05) is 16.3 Å². The summed E-state index contributed by atoms with van der Waals surface area (Å²) in [6.07, 6.45) is 1.51. The Labute approximate surface area is 253 Å². The van der Waals surface area contributed by atoms with Crippen LogP contribution >= 0.6 is 27.5 Å². The fourth-order valence-corrected chi connectivity index (χ4v) is 4.72. The maximum absolute atomic E-state index is 12.9. The summed E-state index contributed by atoms with van der Waals surface area (Å²) in [4.78, 5) is 12.9. The summed E-state index contributed by atoms with van der Waals surface area (Å²) in [5.41, 5.74) is 4.13. The largest absolute Gasteiger partial charge is 0.490 e. The van der Waals surface area contributed by atoms with Crippen molar-refractivity contribution in [3.63, 3.8) is 0 Å². The number of nitrogens with one attached hydrogen (secondary N) is 1. The molecule has 6 nitrogen and oxygen atoms in total. The quantitative estimate of drug-likeness (QED) is 0.133. The van der Waals surface area contributed by atoms with Gasteiger partial charge in [0.15, 0.2) is 11.5 Å². The van der Waals surface area contributed by atoms with Crippen LogP contribution in [0.3, 0.4) is 0 Å². The van der Waals surface area contributed by atoms with E-state index in [-0.39, 0.29) is 5.57 Å². The second kappa shape index (κ2) is 14.4. The minimum atomic E-state index is -0.536. The van der Waals surface area contributed by atoms with Crippen LogP contribution in [0, 0.1) is 18.3 Å². The third kappa shape index (κ3) is 8.37. The van der Waals surface area contributed by atoms with Gasteiger partial charge in [0.2, 0.25) is 0 Å². The molecule has 0 unspecified atom stereocenters. The van der Waals surface area contributed by atoms with Crippen molar-refractivity contribution in [1.82, 2.24) is 0 Å². The molecule has 8 heteroatoms. The molecule has 0 aliphatic heterocycles. The highest BCUT2D eigenvalue weighted by Gasteiger charge is 2.15. The van der Waals surface area contributed by atoms with Crippen molar-refractivity contribution < 1.29 is 19.0 Å². The number of rotatable bonds is 11.